The highest BCUT2D eigenvalue weighted by Crippen LogP contribution is 2.22. The highest BCUT2D eigenvalue weighted by Gasteiger charge is 2.23. The van der Waals surface area contributed by atoms with Crippen LogP contribution in [0.3, 0.4) is 0 Å². The second-order valence-corrected chi connectivity index (χ2v) is 4.86. The molecule has 24 heavy (non-hydrogen) atoms. The van der Waals surface area contributed by atoms with E-state index in [0.29, 0.717) is 11.1 Å². The number of phenolic OH excluding ortho intramolecular Hbond substituents is 1. The fourth-order valence-electron chi connectivity index (χ4n) is 2.06. The van der Waals surface area contributed by atoms with E-state index >= 15 is 0 Å². The Labute approximate surface area is 139 Å². The lowest BCUT2D eigenvalue weighted by Crippen LogP contribution is -2.16. The number of rotatable bonds is 5. The zero-order chi connectivity index (χ0) is 17.5. The molecule has 0 radical (unpaired) electrons. The van der Waals surface area contributed by atoms with Crippen LogP contribution in [0.15, 0.2) is 54.1 Å². The molecule has 0 saturated carbocycles. The Kier molecular flexibility index (Phi) is 5.48. The van der Waals surface area contributed by atoms with Crippen LogP contribution in [0.2, 0.25) is 0 Å². The van der Waals surface area contributed by atoms with Crippen molar-refractivity contribution in [1.29, 1.82) is 5.26 Å². The number of phenols is 1. The van der Waals surface area contributed by atoms with Crippen LogP contribution in [-0.2, 0) is 9.53 Å². The number of benzene rings is 2. The van der Waals surface area contributed by atoms with Gasteiger partial charge in [0, 0.05) is 0 Å². The smallest absolute Gasteiger partial charge is 0.342 e. The van der Waals surface area contributed by atoms with Gasteiger partial charge in [0.15, 0.2) is 0 Å². The summed E-state index contributed by atoms with van der Waals surface area (Å²) in [6.45, 7) is 1.76. The van der Waals surface area contributed by atoms with Crippen LogP contribution in [0.4, 0.5) is 0 Å². The van der Waals surface area contributed by atoms with E-state index in [4.69, 9.17) is 10.00 Å². The molecule has 0 bridgehead atoms. The average Bonchev–Trinajstić information content (AvgIpc) is 2.60. The Morgan fingerprint density at radius 2 is 1.83 bits per heavy atom. The third-order valence-electron chi connectivity index (χ3n) is 3.24. The Hall–Kier alpha value is -3.39. The third-order valence-corrected chi connectivity index (χ3v) is 3.24. The fourth-order valence-corrected chi connectivity index (χ4v) is 2.06. The van der Waals surface area contributed by atoms with Gasteiger partial charge in [0.05, 0.1) is 23.8 Å². The van der Waals surface area contributed by atoms with E-state index in [1.165, 1.54) is 18.2 Å². The molecule has 0 amide bonds. The minimum absolute atomic E-state index is 0.0189. The molecule has 0 aliphatic heterocycles. The largest absolute Gasteiger partial charge is 0.507 e. The van der Waals surface area contributed by atoms with Crippen LogP contribution in [0, 0.1) is 11.3 Å². The Balaban J connectivity index is 2.46. The van der Waals surface area contributed by atoms with Crippen molar-refractivity contribution in [1.82, 2.24) is 0 Å². The Bertz CT molecular complexity index is 829. The summed E-state index contributed by atoms with van der Waals surface area (Å²) >= 11 is 0. The minimum Gasteiger partial charge on any atom is -0.507 e. The van der Waals surface area contributed by atoms with Crippen molar-refractivity contribution in [3.8, 4) is 11.8 Å². The van der Waals surface area contributed by atoms with E-state index in [-0.39, 0.29) is 23.5 Å². The van der Waals surface area contributed by atoms with Gasteiger partial charge in [0.2, 0.25) is 5.78 Å². The molecule has 5 heteroatoms. The number of hydrogen-bond acceptors (Lipinski definition) is 5. The topological polar surface area (TPSA) is 87.4 Å². The van der Waals surface area contributed by atoms with Gasteiger partial charge in [-0.15, -0.1) is 0 Å². The second-order valence-electron chi connectivity index (χ2n) is 4.86. The number of nitriles is 1. The number of nitrogens with zero attached hydrogens (tertiary/aromatic N) is 1. The molecule has 0 spiro atoms. The van der Waals surface area contributed by atoms with E-state index in [9.17, 15) is 14.7 Å². The Morgan fingerprint density at radius 3 is 2.42 bits per heavy atom. The lowest BCUT2D eigenvalue weighted by molar-refractivity contribution is -0.137. The van der Waals surface area contributed by atoms with Gasteiger partial charge in [-0.05, 0) is 42.8 Å². The first-order valence-electron chi connectivity index (χ1n) is 7.28. The second kappa shape index (κ2) is 7.75. The molecule has 2 aromatic carbocycles. The number of carbonyl (C=O) groups is 2. The standard InChI is InChI=1S/C19H15NO4/c1-2-24-19(23)16(11-13-7-9-14(12-20)10-8-13)18(22)15-5-3-4-6-17(15)21/h3-11,21H,2H2,1H3/b16-11+. The van der Waals surface area contributed by atoms with Crippen molar-refractivity contribution in [2.24, 2.45) is 0 Å². The van der Waals surface area contributed by atoms with Crippen molar-refractivity contribution in [2.45, 2.75) is 6.92 Å². The first kappa shape index (κ1) is 17.0. The zero-order valence-corrected chi connectivity index (χ0v) is 13.0. The maximum Gasteiger partial charge on any atom is 0.342 e. The minimum atomic E-state index is -0.768. The number of Topliss-reactive ketones (excluding diaryl/α,β-unsaturated/α-hetero) is 1. The van der Waals surface area contributed by atoms with Gasteiger partial charge >= 0.3 is 5.97 Å². The van der Waals surface area contributed by atoms with Crippen LogP contribution in [0.5, 0.6) is 5.75 Å². The van der Waals surface area contributed by atoms with Gasteiger partial charge in [-0.1, -0.05) is 24.3 Å². The number of aromatic hydroxyl groups is 1. The Morgan fingerprint density at radius 1 is 1.17 bits per heavy atom. The molecule has 0 heterocycles. The summed E-state index contributed by atoms with van der Waals surface area (Å²) in [6, 6.07) is 14.4. The van der Waals surface area contributed by atoms with Crippen LogP contribution < -0.4 is 0 Å². The summed E-state index contributed by atoms with van der Waals surface area (Å²) in [5.41, 5.74) is 0.867. The van der Waals surface area contributed by atoms with Gasteiger partial charge in [-0.25, -0.2) is 4.79 Å². The maximum absolute atomic E-state index is 12.6. The van der Waals surface area contributed by atoms with E-state index in [1.54, 1.807) is 43.3 Å². The van der Waals surface area contributed by atoms with Gasteiger partial charge in [-0.3, -0.25) is 4.79 Å². The third kappa shape index (κ3) is 3.87. The molecule has 0 unspecified atom stereocenters. The summed E-state index contributed by atoms with van der Waals surface area (Å²) in [5.74, 6) is -1.61. The summed E-state index contributed by atoms with van der Waals surface area (Å²) in [6.07, 6.45) is 1.38. The highest BCUT2D eigenvalue weighted by molar-refractivity contribution is 6.27. The van der Waals surface area contributed by atoms with E-state index in [1.807, 2.05) is 6.07 Å². The number of ketones is 1. The summed E-state index contributed by atoms with van der Waals surface area (Å²) in [4.78, 5) is 24.8. The predicted molar refractivity (Wildman–Crippen MR) is 88.2 cm³/mol. The summed E-state index contributed by atoms with van der Waals surface area (Å²) in [5, 5.41) is 18.7. The van der Waals surface area contributed by atoms with Gasteiger partial charge in [0.25, 0.3) is 0 Å². The molecule has 0 aliphatic carbocycles. The highest BCUT2D eigenvalue weighted by atomic mass is 16.5. The van der Waals surface area contributed by atoms with E-state index in [2.05, 4.69) is 0 Å². The molecule has 0 saturated heterocycles. The monoisotopic (exact) mass is 321 g/mol. The van der Waals surface area contributed by atoms with Gasteiger partial charge < -0.3 is 9.84 Å². The number of esters is 1. The number of para-hydroxylation sites is 1. The van der Waals surface area contributed by atoms with Crippen molar-refractivity contribution in [3.05, 3.63) is 70.8 Å². The van der Waals surface area contributed by atoms with Crippen molar-refractivity contribution >= 4 is 17.8 Å². The number of ether oxygens (including phenoxy) is 1. The summed E-state index contributed by atoms with van der Waals surface area (Å²) in [7, 11) is 0. The molecule has 2 rings (SSSR count). The predicted octanol–water partition coefficient (Wildman–Crippen LogP) is 3.09. The van der Waals surface area contributed by atoms with Crippen LogP contribution in [0.1, 0.15) is 28.4 Å². The van der Waals surface area contributed by atoms with E-state index < -0.39 is 11.8 Å². The fraction of sp³-hybridized carbons (Fsp3) is 0.105. The molecular formula is C19H15NO4. The lowest BCUT2D eigenvalue weighted by atomic mass is 10.00. The summed E-state index contributed by atoms with van der Waals surface area (Å²) < 4.78 is 4.94. The molecule has 2 aromatic rings. The van der Waals surface area contributed by atoms with E-state index in [0.717, 1.165) is 0 Å². The molecule has 0 fully saturated rings. The molecule has 0 atom stereocenters. The normalized spacial score (nSPS) is 10.8. The molecule has 0 aliphatic rings. The van der Waals surface area contributed by atoms with Crippen LogP contribution in [0.25, 0.3) is 6.08 Å². The SMILES string of the molecule is CCOC(=O)/C(=C/c1ccc(C#N)cc1)C(=O)c1ccccc1O. The van der Waals surface area contributed by atoms with Crippen molar-refractivity contribution < 1.29 is 19.4 Å². The lowest BCUT2D eigenvalue weighted by Gasteiger charge is -2.08. The van der Waals surface area contributed by atoms with Crippen molar-refractivity contribution in [3.63, 3.8) is 0 Å². The molecule has 120 valence electrons. The molecule has 1 N–H and O–H groups in total. The average molecular weight is 321 g/mol. The quantitative estimate of drug-likeness (QED) is 0.300. The molecule has 5 nitrogen and oxygen atoms in total. The molecular weight excluding hydrogens is 306 g/mol. The van der Waals surface area contributed by atoms with Crippen LogP contribution >= 0.6 is 0 Å². The van der Waals surface area contributed by atoms with Crippen LogP contribution in [-0.4, -0.2) is 23.5 Å². The first-order chi connectivity index (χ1) is 11.6. The van der Waals surface area contributed by atoms with Crippen molar-refractivity contribution in [2.75, 3.05) is 6.61 Å². The first-order valence-corrected chi connectivity index (χ1v) is 7.28. The van der Waals surface area contributed by atoms with Gasteiger partial charge in [-0.2, -0.15) is 5.26 Å². The number of hydrogen-bond donors (Lipinski definition) is 1. The maximum atomic E-state index is 12.6. The zero-order valence-electron chi connectivity index (χ0n) is 13.0. The van der Waals surface area contributed by atoms with Gasteiger partial charge in [0.1, 0.15) is 11.3 Å². The molecule has 0 aromatic heterocycles. The number of carbonyl (C=O) groups excluding carboxylic acids is 2.